The van der Waals surface area contributed by atoms with Crippen LogP contribution in [0.2, 0.25) is 0 Å². The molecule has 0 N–H and O–H groups in total. The fourth-order valence-electron chi connectivity index (χ4n) is 3.58. The average molecular weight is 425 g/mol. The first-order chi connectivity index (χ1) is 13.8. The number of fused-ring (bicyclic) bond motifs is 1. The number of halogens is 1. The van der Waals surface area contributed by atoms with Crippen LogP contribution in [0.4, 0.5) is 0 Å². The van der Waals surface area contributed by atoms with Crippen LogP contribution in [0, 0.1) is 0 Å². The van der Waals surface area contributed by atoms with Crippen molar-refractivity contribution in [1.29, 1.82) is 0 Å². The van der Waals surface area contributed by atoms with Gasteiger partial charge >= 0.3 is 0 Å². The highest BCUT2D eigenvalue weighted by molar-refractivity contribution is 9.10. The van der Waals surface area contributed by atoms with Crippen LogP contribution in [0.3, 0.4) is 0 Å². The fraction of sp³-hybridized carbons (Fsp3) is 0. The van der Waals surface area contributed by atoms with Crippen LogP contribution in [0.25, 0.3) is 39.2 Å². The summed E-state index contributed by atoms with van der Waals surface area (Å²) in [5.74, 6) is 0.946. The van der Waals surface area contributed by atoms with E-state index in [1.165, 1.54) is 5.56 Å². The summed E-state index contributed by atoms with van der Waals surface area (Å²) in [5, 5.41) is 0. The molecule has 0 aliphatic rings. The highest BCUT2D eigenvalue weighted by Gasteiger charge is 2.14. The van der Waals surface area contributed by atoms with Gasteiger partial charge in [0.2, 0.25) is 0 Å². The molecule has 0 unspecified atom stereocenters. The molecular formula is C25H17BrN2. The van der Waals surface area contributed by atoms with Crippen LogP contribution in [0.1, 0.15) is 0 Å². The molecule has 0 atom stereocenters. The van der Waals surface area contributed by atoms with Crippen molar-refractivity contribution in [3.63, 3.8) is 0 Å². The fourth-order valence-corrected chi connectivity index (χ4v) is 4.09. The van der Waals surface area contributed by atoms with Gasteiger partial charge in [0.05, 0.1) is 11.0 Å². The van der Waals surface area contributed by atoms with Gasteiger partial charge in [-0.25, -0.2) is 4.98 Å². The molecule has 0 saturated carbocycles. The third kappa shape index (κ3) is 2.94. The van der Waals surface area contributed by atoms with E-state index in [0.717, 1.165) is 38.1 Å². The standard InChI is InChI=1S/C25H17BrN2/c26-22-14-5-4-13-21(22)18-9-8-10-19(17-18)25-27-23-15-6-7-16-24(23)28(25)20-11-2-1-3-12-20/h1-17H. The first kappa shape index (κ1) is 17.0. The molecular weight excluding hydrogens is 408 g/mol. The zero-order valence-electron chi connectivity index (χ0n) is 15.1. The summed E-state index contributed by atoms with van der Waals surface area (Å²) in [4.78, 5) is 4.97. The molecule has 1 heterocycles. The second kappa shape index (κ2) is 7.10. The van der Waals surface area contributed by atoms with Crippen LogP contribution in [0.15, 0.2) is 108 Å². The summed E-state index contributed by atoms with van der Waals surface area (Å²) in [6.07, 6.45) is 0. The molecule has 3 heteroatoms. The van der Waals surface area contributed by atoms with E-state index >= 15 is 0 Å². The van der Waals surface area contributed by atoms with Crippen molar-refractivity contribution in [2.45, 2.75) is 0 Å². The van der Waals surface area contributed by atoms with E-state index in [-0.39, 0.29) is 0 Å². The number of para-hydroxylation sites is 3. The molecule has 0 bridgehead atoms. The van der Waals surface area contributed by atoms with Crippen molar-refractivity contribution >= 4 is 27.0 Å². The summed E-state index contributed by atoms with van der Waals surface area (Å²) in [7, 11) is 0. The molecule has 1 aromatic heterocycles. The van der Waals surface area contributed by atoms with Gasteiger partial charge in [-0.3, -0.25) is 4.57 Å². The third-order valence-corrected chi connectivity index (χ3v) is 5.57. The summed E-state index contributed by atoms with van der Waals surface area (Å²) in [5.41, 5.74) is 6.64. The third-order valence-electron chi connectivity index (χ3n) is 4.88. The first-order valence-electron chi connectivity index (χ1n) is 9.19. The van der Waals surface area contributed by atoms with Crippen molar-refractivity contribution in [3.8, 4) is 28.2 Å². The van der Waals surface area contributed by atoms with E-state index in [1.54, 1.807) is 0 Å². The Kier molecular flexibility index (Phi) is 4.30. The zero-order valence-corrected chi connectivity index (χ0v) is 16.7. The zero-order chi connectivity index (χ0) is 18.9. The molecule has 0 aliphatic carbocycles. The highest BCUT2D eigenvalue weighted by Crippen LogP contribution is 2.33. The maximum atomic E-state index is 4.97. The van der Waals surface area contributed by atoms with Gasteiger partial charge in [-0.2, -0.15) is 0 Å². The molecule has 4 aromatic carbocycles. The van der Waals surface area contributed by atoms with Gasteiger partial charge in [-0.1, -0.05) is 82.7 Å². The van der Waals surface area contributed by atoms with Crippen molar-refractivity contribution in [3.05, 3.63) is 108 Å². The highest BCUT2D eigenvalue weighted by atomic mass is 79.9. The van der Waals surface area contributed by atoms with Crippen molar-refractivity contribution in [2.75, 3.05) is 0 Å². The second-order valence-electron chi connectivity index (χ2n) is 6.66. The Labute approximate surface area is 172 Å². The van der Waals surface area contributed by atoms with Crippen LogP contribution < -0.4 is 0 Å². The minimum absolute atomic E-state index is 0.946. The Hall–Kier alpha value is -3.17. The maximum absolute atomic E-state index is 4.97. The molecule has 0 saturated heterocycles. The van der Waals surface area contributed by atoms with Crippen LogP contribution in [-0.2, 0) is 0 Å². The molecule has 28 heavy (non-hydrogen) atoms. The van der Waals surface area contributed by atoms with E-state index < -0.39 is 0 Å². The molecule has 0 spiro atoms. The van der Waals surface area contributed by atoms with Crippen LogP contribution in [0.5, 0.6) is 0 Å². The summed E-state index contributed by atoms with van der Waals surface area (Å²) in [6, 6.07) is 35.5. The van der Waals surface area contributed by atoms with Crippen molar-refractivity contribution in [2.24, 2.45) is 0 Å². The molecule has 5 rings (SSSR count). The number of nitrogens with zero attached hydrogens (tertiary/aromatic N) is 2. The smallest absolute Gasteiger partial charge is 0.145 e. The summed E-state index contributed by atoms with van der Waals surface area (Å²) < 4.78 is 3.32. The Balaban J connectivity index is 1.75. The monoisotopic (exact) mass is 424 g/mol. The summed E-state index contributed by atoms with van der Waals surface area (Å²) >= 11 is 3.67. The van der Waals surface area contributed by atoms with E-state index in [4.69, 9.17) is 4.98 Å². The predicted molar refractivity (Wildman–Crippen MR) is 120 cm³/mol. The number of hydrogen-bond acceptors (Lipinski definition) is 1. The minimum atomic E-state index is 0.946. The van der Waals surface area contributed by atoms with Crippen LogP contribution >= 0.6 is 15.9 Å². The number of imidazole rings is 1. The Bertz CT molecular complexity index is 1270. The number of hydrogen-bond donors (Lipinski definition) is 0. The largest absolute Gasteiger partial charge is 0.292 e. The lowest BCUT2D eigenvalue weighted by molar-refractivity contribution is 1.10. The van der Waals surface area contributed by atoms with E-state index in [1.807, 2.05) is 18.2 Å². The summed E-state index contributed by atoms with van der Waals surface area (Å²) in [6.45, 7) is 0. The molecule has 0 aliphatic heterocycles. The maximum Gasteiger partial charge on any atom is 0.145 e. The average Bonchev–Trinajstić information content (AvgIpc) is 3.14. The van der Waals surface area contributed by atoms with Gasteiger partial charge < -0.3 is 0 Å². The Morgan fingerprint density at radius 2 is 1.36 bits per heavy atom. The van der Waals surface area contributed by atoms with E-state index in [9.17, 15) is 0 Å². The lowest BCUT2D eigenvalue weighted by atomic mass is 10.0. The van der Waals surface area contributed by atoms with Gasteiger partial charge in [0.1, 0.15) is 5.82 Å². The van der Waals surface area contributed by atoms with Crippen LogP contribution in [-0.4, -0.2) is 9.55 Å². The normalized spacial score (nSPS) is 11.0. The van der Waals surface area contributed by atoms with Crippen molar-refractivity contribution < 1.29 is 0 Å². The lowest BCUT2D eigenvalue weighted by Gasteiger charge is -2.11. The molecule has 2 nitrogen and oxygen atoms in total. The SMILES string of the molecule is Brc1ccccc1-c1cccc(-c2nc3ccccc3n2-c2ccccc2)c1. The minimum Gasteiger partial charge on any atom is -0.292 e. The molecule has 0 fully saturated rings. The van der Waals surface area contributed by atoms with Crippen molar-refractivity contribution in [1.82, 2.24) is 9.55 Å². The number of benzene rings is 4. The number of aromatic nitrogens is 2. The Morgan fingerprint density at radius 1 is 0.643 bits per heavy atom. The Morgan fingerprint density at radius 3 is 2.21 bits per heavy atom. The molecule has 0 amide bonds. The van der Waals surface area contributed by atoms with Gasteiger partial charge in [-0.05, 0) is 47.5 Å². The topological polar surface area (TPSA) is 17.8 Å². The molecule has 5 aromatic rings. The number of rotatable bonds is 3. The second-order valence-corrected chi connectivity index (χ2v) is 7.51. The van der Waals surface area contributed by atoms with Gasteiger partial charge in [0.25, 0.3) is 0 Å². The van der Waals surface area contributed by atoms with Gasteiger partial charge in [0, 0.05) is 15.7 Å². The predicted octanol–water partition coefficient (Wildman–Crippen LogP) is 7.12. The van der Waals surface area contributed by atoms with Gasteiger partial charge in [-0.15, -0.1) is 0 Å². The first-order valence-corrected chi connectivity index (χ1v) is 9.99. The van der Waals surface area contributed by atoms with E-state index in [0.29, 0.717) is 0 Å². The van der Waals surface area contributed by atoms with Gasteiger partial charge in [0.15, 0.2) is 0 Å². The molecule has 134 valence electrons. The molecule has 0 radical (unpaired) electrons. The lowest BCUT2D eigenvalue weighted by Crippen LogP contribution is -1.97. The quantitative estimate of drug-likeness (QED) is 0.301. The van der Waals surface area contributed by atoms with E-state index in [2.05, 4.69) is 105 Å².